The third-order valence-electron chi connectivity index (χ3n) is 4.24. The summed E-state index contributed by atoms with van der Waals surface area (Å²) in [6.07, 6.45) is 6.25. The first kappa shape index (κ1) is 14.5. The van der Waals surface area contributed by atoms with Crippen LogP contribution in [-0.2, 0) is 7.05 Å². The van der Waals surface area contributed by atoms with E-state index in [1.165, 1.54) is 27.8 Å². The van der Waals surface area contributed by atoms with Gasteiger partial charge < -0.3 is 0 Å². The van der Waals surface area contributed by atoms with Crippen LogP contribution >= 0.6 is 0 Å². The van der Waals surface area contributed by atoms with E-state index in [9.17, 15) is 0 Å². The molecule has 0 N–H and O–H groups in total. The number of aromatic nitrogens is 3. The largest absolute Gasteiger partial charge is 0.259 e. The zero-order valence-electron chi connectivity index (χ0n) is 13.9. The Morgan fingerprint density at radius 3 is 2.27 bits per heavy atom. The van der Waals surface area contributed by atoms with Crippen molar-refractivity contribution in [2.24, 2.45) is 7.05 Å². The zero-order chi connectivity index (χ0) is 15.9. The van der Waals surface area contributed by atoms with Gasteiger partial charge in [-0.15, -0.1) is 9.36 Å². The van der Waals surface area contributed by atoms with Gasteiger partial charge in [0.2, 0.25) is 6.20 Å². The van der Waals surface area contributed by atoms with E-state index < -0.39 is 0 Å². The average molecular weight is 292 g/mol. The number of nitrogens with zero attached hydrogens (tertiary/aromatic N) is 3. The van der Waals surface area contributed by atoms with Crippen LogP contribution in [0.4, 0.5) is 0 Å². The van der Waals surface area contributed by atoms with Crippen LogP contribution in [0, 0.1) is 27.7 Å². The molecule has 3 heteroatoms. The van der Waals surface area contributed by atoms with E-state index in [1.54, 1.807) is 0 Å². The molecule has 0 saturated carbocycles. The van der Waals surface area contributed by atoms with Crippen molar-refractivity contribution in [2.45, 2.75) is 27.7 Å². The lowest BCUT2D eigenvalue weighted by Gasteiger charge is -2.07. The standard InChI is InChI=1S/C19H22N3/c1-13-7-6-8-14(2)18(13)17-11-21(5)22(12-17)19-15(3)9-10-20-16(19)4/h6-12H,1-5H3/q+1. The van der Waals surface area contributed by atoms with E-state index in [-0.39, 0.29) is 0 Å². The quantitative estimate of drug-likeness (QED) is 0.661. The van der Waals surface area contributed by atoms with Gasteiger partial charge in [0.15, 0.2) is 7.05 Å². The second kappa shape index (κ2) is 5.41. The Morgan fingerprint density at radius 1 is 0.955 bits per heavy atom. The van der Waals surface area contributed by atoms with Crippen molar-refractivity contribution in [3.8, 4) is 16.8 Å². The molecule has 0 fully saturated rings. The highest BCUT2D eigenvalue weighted by atomic mass is 15.4. The summed E-state index contributed by atoms with van der Waals surface area (Å²) in [7, 11) is 2.07. The van der Waals surface area contributed by atoms with Gasteiger partial charge in [-0.25, -0.2) is 0 Å². The molecule has 0 aliphatic heterocycles. The van der Waals surface area contributed by atoms with Crippen molar-refractivity contribution in [1.29, 1.82) is 0 Å². The van der Waals surface area contributed by atoms with Gasteiger partial charge in [-0.05, 0) is 56.0 Å². The normalized spacial score (nSPS) is 11.0. The Morgan fingerprint density at radius 2 is 1.64 bits per heavy atom. The fraction of sp³-hybridized carbons (Fsp3) is 0.263. The van der Waals surface area contributed by atoms with Gasteiger partial charge in [0, 0.05) is 6.20 Å². The lowest BCUT2D eigenvalue weighted by atomic mass is 9.98. The molecule has 1 aromatic carbocycles. The number of aryl methyl sites for hydroxylation is 5. The monoisotopic (exact) mass is 292 g/mol. The Balaban J connectivity index is 2.21. The van der Waals surface area contributed by atoms with Gasteiger partial charge in [0.05, 0.1) is 17.5 Å². The van der Waals surface area contributed by atoms with Crippen LogP contribution in [0.15, 0.2) is 42.9 Å². The molecule has 0 unspecified atom stereocenters. The van der Waals surface area contributed by atoms with Crippen LogP contribution < -0.4 is 4.68 Å². The van der Waals surface area contributed by atoms with E-state index >= 15 is 0 Å². The highest BCUT2D eigenvalue weighted by molar-refractivity contribution is 5.69. The smallest absolute Gasteiger partial charge is 0.203 e. The van der Waals surface area contributed by atoms with Crippen molar-refractivity contribution in [3.63, 3.8) is 0 Å². The first-order valence-electron chi connectivity index (χ1n) is 7.56. The summed E-state index contributed by atoms with van der Waals surface area (Å²) in [5.74, 6) is 0. The van der Waals surface area contributed by atoms with Crippen molar-refractivity contribution in [2.75, 3.05) is 0 Å². The number of hydrogen-bond donors (Lipinski definition) is 0. The third-order valence-corrected chi connectivity index (χ3v) is 4.24. The number of hydrogen-bond acceptors (Lipinski definition) is 1. The predicted octanol–water partition coefficient (Wildman–Crippen LogP) is 3.60. The Kier molecular flexibility index (Phi) is 3.57. The molecule has 0 saturated heterocycles. The molecule has 3 aromatic rings. The van der Waals surface area contributed by atoms with E-state index in [0.717, 1.165) is 11.4 Å². The predicted molar refractivity (Wildman–Crippen MR) is 89.1 cm³/mol. The summed E-state index contributed by atoms with van der Waals surface area (Å²) in [5, 5.41) is 0. The van der Waals surface area contributed by atoms with Crippen LogP contribution in [0.5, 0.6) is 0 Å². The molecule has 0 amide bonds. The fourth-order valence-electron chi connectivity index (χ4n) is 3.17. The molecule has 2 heterocycles. The Bertz CT molecular complexity index is 803. The number of benzene rings is 1. The molecule has 0 spiro atoms. The topological polar surface area (TPSA) is 21.7 Å². The van der Waals surface area contributed by atoms with Gasteiger partial charge in [0.1, 0.15) is 5.69 Å². The Hall–Kier alpha value is -2.42. The highest BCUT2D eigenvalue weighted by Gasteiger charge is 2.18. The maximum Gasteiger partial charge on any atom is 0.203 e. The SMILES string of the molecule is Cc1cccc(C)c1-c1cn(-c2c(C)ccnc2C)[n+](C)c1. The zero-order valence-corrected chi connectivity index (χ0v) is 13.9. The maximum atomic E-state index is 4.44. The molecule has 0 bridgehead atoms. The van der Waals surface area contributed by atoms with Crippen molar-refractivity contribution in [3.05, 3.63) is 65.2 Å². The fourth-order valence-corrected chi connectivity index (χ4v) is 3.17. The van der Waals surface area contributed by atoms with E-state index in [4.69, 9.17) is 0 Å². The third kappa shape index (κ3) is 2.33. The minimum absolute atomic E-state index is 1.04. The van der Waals surface area contributed by atoms with Gasteiger partial charge in [-0.1, -0.05) is 18.2 Å². The van der Waals surface area contributed by atoms with Crippen LogP contribution in [0.2, 0.25) is 0 Å². The van der Waals surface area contributed by atoms with Gasteiger partial charge in [-0.2, -0.15) is 0 Å². The van der Waals surface area contributed by atoms with Gasteiger partial charge in [0.25, 0.3) is 0 Å². The number of pyridine rings is 1. The van der Waals surface area contributed by atoms with Crippen LogP contribution in [0.25, 0.3) is 16.8 Å². The average Bonchev–Trinajstić information content (AvgIpc) is 2.80. The van der Waals surface area contributed by atoms with Crippen LogP contribution in [0.1, 0.15) is 22.4 Å². The summed E-state index contributed by atoms with van der Waals surface area (Å²) in [6, 6.07) is 8.50. The second-order valence-corrected chi connectivity index (χ2v) is 5.96. The molecular weight excluding hydrogens is 270 g/mol. The first-order chi connectivity index (χ1) is 10.5. The molecule has 0 atom stereocenters. The summed E-state index contributed by atoms with van der Waals surface area (Å²) in [5.41, 5.74) is 8.58. The minimum Gasteiger partial charge on any atom is -0.259 e. The molecule has 2 aromatic heterocycles. The molecule has 0 aliphatic rings. The van der Waals surface area contributed by atoms with E-state index in [2.05, 4.69) is 85.7 Å². The molecule has 112 valence electrons. The summed E-state index contributed by atoms with van der Waals surface area (Å²) in [6.45, 7) is 8.52. The van der Waals surface area contributed by atoms with Crippen molar-refractivity contribution in [1.82, 2.24) is 9.67 Å². The number of rotatable bonds is 2. The first-order valence-corrected chi connectivity index (χ1v) is 7.56. The van der Waals surface area contributed by atoms with Crippen LogP contribution in [0.3, 0.4) is 0 Å². The maximum absolute atomic E-state index is 4.44. The summed E-state index contributed by atoms with van der Waals surface area (Å²) in [4.78, 5) is 4.44. The lowest BCUT2D eigenvalue weighted by Crippen LogP contribution is -2.37. The highest BCUT2D eigenvalue weighted by Crippen LogP contribution is 2.27. The molecule has 3 nitrogen and oxygen atoms in total. The van der Waals surface area contributed by atoms with Crippen molar-refractivity contribution < 1.29 is 4.68 Å². The summed E-state index contributed by atoms with van der Waals surface area (Å²) < 4.78 is 4.30. The summed E-state index contributed by atoms with van der Waals surface area (Å²) >= 11 is 0. The van der Waals surface area contributed by atoms with Gasteiger partial charge in [-0.3, -0.25) is 4.98 Å². The minimum atomic E-state index is 1.04. The van der Waals surface area contributed by atoms with Crippen LogP contribution in [-0.4, -0.2) is 9.67 Å². The van der Waals surface area contributed by atoms with E-state index in [1.807, 2.05) is 6.20 Å². The molecular formula is C19H22N3+. The Labute approximate surface area is 131 Å². The van der Waals surface area contributed by atoms with E-state index in [0.29, 0.717) is 0 Å². The molecule has 0 aliphatic carbocycles. The molecule has 0 radical (unpaired) electrons. The molecule has 22 heavy (non-hydrogen) atoms. The second-order valence-electron chi connectivity index (χ2n) is 5.96. The lowest BCUT2D eigenvalue weighted by molar-refractivity contribution is -0.744. The van der Waals surface area contributed by atoms with Gasteiger partial charge >= 0.3 is 0 Å². The molecule has 3 rings (SSSR count). The van der Waals surface area contributed by atoms with Crippen molar-refractivity contribution >= 4 is 0 Å².